The van der Waals surface area contributed by atoms with Crippen LogP contribution >= 0.6 is 0 Å². The molecule has 0 aromatic heterocycles. The molecule has 24 heavy (non-hydrogen) atoms. The lowest BCUT2D eigenvalue weighted by atomic mass is 10.1. The van der Waals surface area contributed by atoms with Gasteiger partial charge in [0.2, 0.25) is 0 Å². The summed E-state index contributed by atoms with van der Waals surface area (Å²) in [5.74, 6) is -0.0143. The Hall–Kier alpha value is -2.40. The van der Waals surface area contributed by atoms with Crippen LogP contribution in [-0.4, -0.2) is 17.6 Å². The zero-order valence-electron chi connectivity index (χ0n) is 13.9. The SMILES string of the molecule is CCC(O)c1ccc(OCC(=O)NCc2ccc(C)c(F)c2)cc1. The Morgan fingerprint density at radius 1 is 1.25 bits per heavy atom. The van der Waals surface area contributed by atoms with Crippen LogP contribution in [0, 0.1) is 12.7 Å². The summed E-state index contributed by atoms with van der Waals surface area (Å²) in [7, 11) is 0. The first-order chi connectivity index (χ1) is 11.5. The van der Waals surface area contributed by atoms with Crippen molar-refractivity contribution in [3.63, 3.8) is 0 Å². The van der Waals surface area contributed by atoms with Crippen LogP contribution in [0.2, 0.25) is 0 Å². The molecule has 0 saturated heterocycles. The van der Waals surface area contributed by atoms with Crippen molar-refractivity contribution in [3.05, 3.63) is 65.0 Å². The van der Waals surface area contributed by atoms with E-state index in [2.05, 4.69) is 5.32 Å². The molecule has 0 saturated carbocycles. The maximum absolute atomic E-state index is 13.4. The van der Waals surface area contributed by atoms with Crippen molar-refractivity contribution in [2.24, 2.45) is 0 Å². The minimum absolute atomic E-state index is 0.121. The van der Waals surface area contributed by atoms with E-state index in [1.807, 2.05) is 6.92 Å². The third-order valence-corrected chi connectivity index (χ3v) is 3.75. The van der Waals surface area contributed by atoms with Gasteiger partial charge in [0.25, 0.3) is 5.91 Å². The molecule has 2 aromatic carbocycles. The van der Waals surface area contributed by atoms with Gasteiger partial charge in [0.05, 0.1) is 6.10 Å². The summed E-state index contributed by atoms with van der Waals surface area (Å²) in [6, 6.07) is 11.9. The number of hydrogen-bond donors (Lipinski definition) is 2. The van der Waals surface area contributed by atoms with Gasteiger partial charge in [-0.3, -0.25) is 4.79 Å². The third kappa shape index (κ3) is 5.06. The minimum atomic E-state index is -0.489. The van der Waals surface area contributed by atoms with Gasteiger partial charge in [-0.25, -0.2) is 4.39 Å². The maximum atomic E-state index is 13.4. The fraction of sp³-hybridized carbons (Fsp3) is 0.316. The number of rotatable bonds is 7. The van der Waals surface area contributed by atoms with Crippen molar-refractivity contribution in [2.45, 2.75) is 32.9 Å². The van der Waals surface area contributed by atoms with E-state index in [1.165, 1.54) is 6.07 Å². The van der Waals surface area contributed by atoms with Crippen LogP contribution in [0.25, 0.3) is 0 Å². The quantitative estimate of drug-likeness (QED) is 0.819. The molecular formula is C19H22FNO3. The number of amides is 1. The summed E-state index contributed by atoms with van der Waals surface area (Å²) in [5, 5.41) is 12.4. The number of nitrogens with one attached hydrogen (secondary N) is 1. The lowest BCUT2D eigenvalue weighted by molar-refractivity contribution is -0.123. The molecule has 1 amide bonds. The number of carbonyl (C=O) groups excluding carboxylic acids is 1. The molecule has 1 atom stereocenters. The lowest BCUT2D eigenvalue weighted by Crippen LogP contribution is -2.28. The highest BCUT2D eigenvalue weighted by atomic mass is 19.1. The maximum Gasteiger partial charge on any atom is 0.258 e. The molecule has 0 bridgehead atoms. The van der Waals surface area contributed by atoms with Crippen LogP contribution in [0.4, 0.5) is 4.39 Å². The predicted octanol–water partition coefficient (Wildman–Crippen LogP) is 3.27. The van der Waals surface area contributed by atoms with Crippen LogP contribution in [-0.2, 0) is 11.3 Å². The van der Waals surface area contributed by atoms with Crippen LogP contribution in [0.15, 0.2) is 42.5 Å². The molecule has 1 unspecified atom stereocenters. The van der Waals surface area contributed by atoms with E-state index in [9.17, 15) is 14.3 Å². The van der Waals surface area contributed by atoms with Crippen LogP contribution < -0.4 is 10.1 Å². The largest absolute Gasteiger partial charge is 0.484 e. The fourth-order valence-corrected chi connectivity index (χ4v) is 2.17. The van der Waals surface area contributed by atoms with Gasteiger partial charge in [-0.05, 0) is 48.2 Å². The number of benzene rings is 2. The van der Waals surface area contributed by atoms with Gasteiger partial charge < -0.3 is 15.2 Å². The van der Waals surface area contributed by atoms with Gasteiger partial charge in [0.1, 0.15) is 11.6 Å². The Balaban J connectivity index is 1.79. The summed E-state index contributed by atoms with van der Waals surface area (Å²) in [5.41, 5.74) is 2.09. The normalized spacial score (nSPS) is 11.8. The Morgan fingerprint density at radius 3 is 2.58 bits per heavy atom. The third-order valence-electron chi connectivity index (χ3n) is 3.75. The average Bonchev–Trinajstić information content (AvgIpc) is 2.60. The molecule has 0 fully saturated rings. The fourth-order valence-electron chi connectivity index (χ4n) is 2.17. The second kappa shape index (κ2) is 8.45. The molecule has 0 aliphatic carbocycles. The molecule has 2 aromatic rings. The van der Waals surface area contributed by atoms with Crippen LogP contribution in [0.3, 0.4) is 0 Å². The molecule has 4 nitrogen and oxygen atoms in total. The molecular weight excluding hydrogens is 309 g/mol. The first-order valence-corrected chi connectivity index (χ1v) is 7.92. The molecule has 128 valence electrons. The predicted molar refractivity (Wildman–Crippen MR) is 90.2 cm³/mol. The van der Waals surface area contributed by atoms with Crippen LogP contribution in [0.5, 0.6) is 5.75 Å². The summed E-state index contributed by atoms with van der Waals surface area (Å²) < 4.78 is 18.8. The second-order valence-corrected chi connectivity index (χ2v) is 5.64. The van der Waals surface area contributed by atoms with E-state index in [-0.39, 0.29) is 24.9 Å². The Kier molecular flexibility index (Phi) is 6.32. The molecule has 0 spiro atoms. The first kappa shape index (κ1) is 17.9. The highest BCUT2D eigenvalue weighted by molar-refractivity contribution is 5.77. The van der Waals surface area contributed by atoms with E-state index in [0.717, 1.165) is 5.56 Å². The summed E-state index contributed by atoms with van der Waals surface area (Å²) >= 11 is 0. The number of aryl methyl sites for hydroxylation is 1. The molecule has 0 aliphatic heterocycles. The van der Waals surface area contributed by atoms with E-state index in [0.29, 0.717) is 23.3 Å². The Labute approximate surface area is 141 Å². The zero-order valence-corrected chi connectivity index (χ0v) is 13.9. The van der Waals surface area contributed by atoms with Crippen molar-refractivity contribution in [3.8, 4) is 5.75 Å². The van der Waals surface area contributed by atoms with E-state index in [1.54, 1.807) is 43.3 Å². The standard InChI is InChI=1S/C19H22FNO3/c1-3-18(22)15-6-8-16(9-7-15)24-12-19(23)21-11-14-5-4-13(2)17(20)10-14/h4-10,18,22H,3,11-12H2,1-2H3,(H,21,23). The number of ether oxygens (including phenoxy) is 1. The first-order valence-electron chi connectivity index (χ1n) is 7.92. The van der Waals surface area contributed by atoms with E-state index < -0.39 is 6.10 Å². The molecule has 0 radical (unpaired) electrons. The lowest BCUT2D eigenvalue weighted by Gasteiger charge is -2.10. The smallest absolute Gasteiger partial charge is 0.258 e. The number of aliphatic hydroxyl groups is 1. The molecule has 2 N–H and O–H groups in total. The van der Waals surface area contributed by atoms with E-state index >= 15 is 0 Å². The number of hydrogen-bond acceptors (Lipinski definition) is 3. The molecule has 0 heterocycles. The van der Waals surface area contributed by atoms with Crippen molar-refractivity contribution >= 4 is 5.91 Å². The minimum Gasteiger partial charge on any atom is -0.484 e. The molecule has 0 aliphatic rings. The van der Waals surface area contributed by atoms with E-state index in [4.69, 9.17) is 4.74 Å². The highest BCUT2D eigenvalue weighted by Crippen LogP contribution is 2.19. The molecule has 2 rings (SSSR count). The van der Waals surface area contributed by atoms with Gasteiger partial charge >= 0.3 is 0 Å². The number of halogens is 1. The summed E-state index contributed by atoms with van der Waals surface area (Å²) in [6.45, 7) is 3.72. The topological polar surface area (TPSA) is 58.6 Å². The summed E-state index contributed by atoms with van der Waals surface area (Å²) in [4.78, 5) is 11.8. The number of aliphatic hydroxyl groups excluding tert-OH is 1. The monoisotopic (exact) mass is 331 g/mol. The van der Waals surface area contributed by atoms with Crippen molar-refractivity contribution in [1.82, 2.24) is 5.32 Å². The highest BCUT2D eigenvalue weighted by Gasteiger charge is 2.07. The van der Waals surface area contributed by atoms with Gasteiger partial charge in [-0.2, -0.15) is 0 Å². The summed E-state index contributed by atoms with van der Waals surface area (Å²) in [6.07, 6.45) is 0.152. The zero-order chi connectivity index (χ0) is 17.5. The van der Waals surface area contributed by atoms with Gasteiger partial charge in [-0.1, -0.05) is 31.2 Å². The molecule has 5 heteroatoms. The number of carbonyl (C=O) groups is 1. The second-order valence-electron chi connectivity index (χ2n) is 5.64. The van der Waals surface area contributed by atoms with Gasteiger partial charge in [0.15, 0.2) is 6.61 Å². The van der Waals surface area contributed by atoms with Crippen molar-refractivity contribution in [2.75, 3.05) is 6.61 Å². The van der Waals surface area contributed by atoms with Crippen LogP contribution in [0.1, 0.15) is 36.1 Å². The van der Waals surface area contributed by atoms with Crippen molar-refractivity contribution in [1.29, 1.82) is 0 Å². The van der Waals surface area contributed by atoms with Gasteiger partial charge in [-0.15, -0.1) is 0 Å². The Bertz CT molecular complexity index is 686. The van der Waals surface area contributed by atoms with Crippen molar-refractivity contribution < 1.29 is 19.0 Å². The van der Waals surface area contributed by atoms with Gasteiger partial charge in [0, 0.05) is 6.54 Å². The Morgan fingerprint density at radius 2 is 1.96 bits per heavy atom. The average molecular weight is 331 g/mol.